The Morgan fingerprint density at radius 2 is 2.35 bits per heavy atom. The highest BCUT2D eigenvalue weighted by Gasteiger charge is 2.22. The monoisotopic (exact) mass is 236 g/mol. The first kappa shape index (κ1) is 11.7. The molecule has 2 rings (SSSR count). The van der Waals surface area contributed by atoms with Gasteiger partial charge < -0.3 is 20.5 Å². The van der Waals surface area contributed by atoms with Gasteiger partial charge in [-0.1, -0.05) is 0 Å². The maximum atomic E-state index is 10.8. The summed E-state index contributed by atoms with van der Waals surface area (Å²) in [6.45, 7) is 1.73. The molecule has 1 aromatic rings. The predicted octanol–water partition coefficient (Wildman–Crippen LogP) is 1.19. The second-order valence-corrected chi connectivity index (χ2v) is 4.17. The van der Waals surface area contributed by atoms with Gasteiger partial charge in [0.25, 0.3) is 0 Å². The average molecular weight is 236 g/mol. The van der Waals surface area contributed by atoms with Crippen LogP contribution in [0.3, 0.4) is 0 Å². The number of hydrogen-bond acceptors (Lipinski definition) is 4. The van der Waals surface area contributed by atoms with E-state index < -0.39 is 5.97 Å². The molecule has 92 valence electrons. The molecule has 1 aliphatic rings. The summed E-state index contributed by atoms with van der Waals surface area (Å²) in [4.78, 5) is 13.0. The molecule has 0 radical (unpaired) electrons. The van der Waals surface area contributed by atoms with Crippen molar-refractivity contribution < 1.29 is 14.6 Å². The predicted molar refractivity (Wildman–Crippen MR) is 65.4 cm³/mol. The number of carboxylic acids is 1. The maximum absolute atomic E-state index is 10.8. The number of carboxylic acid groups (broad SMARTS) is 1. The van der Waals surface area contributed by atoms with Gasteiger partial charge in [-0.25, -0.2) is 4.79 Å². The molecule has 5 nitrogen and oxygen atoms in total. The molecule has 1 fully saturated rings. The lowest BCUT2D eigenvalue weighted by atomic mass is 10.1. The fraction of sp³-hybridized carbons (Fsp3) is 0.417. The van der Waals surface area contributed by atoms with E-state index in [-0.39, 0.29) is 11.7 Å². The third kappa shape index (κ3) is 2.34. The molecule has 0 amide bonds. The summed E-state index contributed by atoms with van der Waals surface area (Å²) >= 11 is 0. The lowest BCUT2D eigenvalue weighted by molar-refractivity contribution is 0.0698. The minimum Gasteiger partial charge on any atom is -0.478 e. The molecule has 1 saturated heterocycles. The van der Waals surface area contributed by atoms with Crippen molar-refractivity contribution >= 4 is 17.3 Å². The van der Waals surface area contributed by atoms with E-state index in [1.54, 1.807) is 25.3 Å². The Bertz CT molecular complexity index is 434. The van der Waals surface area contributed by atoms with Crippen LogP contribution in [-0.4, -0.2) is 37.4 Å². The Hall–Kier alpha value is -1.75. The number of nitrogens with two attached hydrogens (primary N) is 1. The van der Waals surface area contributed by atoms with Gasteiger partial charge in [-0.3, -0.25) is 0 Å². The summed E-state index contributed by atoms with van der Waals surface area (Å²) in [5, 5.41) is 8.89. The first-order valence-corrected chi connectivity index (χ1v) is 5.52. The van der Waals surface area contributed by atoms with Crippen molar-refractivity contribution in [3.05, 3.63) is 23.8 Å². The standard InChI is InChI=1S/C12H16N2O3/c1-17-9-4-5-14(7-9)8-2-3-10(12(15)16)11(13)6-8/h2-3,6,9H,4-5,7,13H2,1H3,(H,15,16). The Kier molecular flexibility index (Phi) is 3.19. The van der Waals surface area contributed by atoms with Crippen molar-refractivity contribution in [2.75, 3.05) is 30.8 Å². The van der Waals surface area contributed by atoms with Crippen LogP contribution in [0.25, 0.3) is 0 Å². The molecule has 0 spiro atoms. The lowest BCUT2D eigenvalue weighted by Crippen LogP contribution is -2.22. The second kappa shape index (κ2) is 4.63. The molecule has 3 N–H and O–H groups in total. The van der Waals surface area contributed by atoms with Crippen LogP contribution in [0.1, 0.15) is 16.8 Å². The van der Waals surface area contributed by atoms with Gasteiger partial charge in [0.15, 0.2) is 0 Å². The number of carbonyl (C=O) groups is 1. The highest BCUT2D eigenvalue weighted by atomic mass is 16.5. The van der Waals surface area contributed by atoms with Gasteiger partial charge in [0.1, 0.15) is 0 Å². The smallest absolute Gasteiger partial charge is 0.337 e. The number of nitrogen functional groups attached to an aromatic ring is 1. The minimum atomic E-state index is -0.995. The summed E-state index contributed by atoms with van der Waals surface area (Å²) in [7, 11) is 1.70. The zero-order valence-electron chi connectivity index (χ0n) is 9.72. The molecule has 17 heavy (non-hydrogen) atoms. The van der Waals surface area contributed by atoms with Crippen LogP contribution < -0.4 is 10.6 Å². The van der Waals surface area contributed by atoms with E-state index in [9.17, 15) is 4.79 Å². The van der Waals surface area contributed by atoms with Gasteiger partial charge in [0.05, 0.1) is 11.7 Å². The van der Waals surface area contributed by atoms with Crippen LogP contribution in [0.4, 0.5) is 11.4 Å². The molecule has 5 heteroatoms. The molecule has 0 aliphatic carbocycles. The fourth-order valence-corrected chi connectivity index (χ4v) is 2.10. The highest BCUT2D eigenvalue weighted by molar-refractivity contribution is 5.94. The second-order valence-electron chi connectivity index (χ2n) is 4.17. The van der Waals surface area contributed by atoms with E-state index in [2.05, 4.69) is 4.90 Å². The number of hydrogen-bond donors (Lipinski definition) is 2. The van der Waals surface area contributed by atoms with Crippen LogP contribution in [-0.2, 0) is 4.74 Å². The maximum Gasteiger partial charge on any atom is 0.337 e. The van der Waals surface area contributed by atoms with Gasteiger partial charge in [0, 0.05) is 31.6 Å². The van der Waals surface area contributed by atoms with Crippen LogP contribution in [0.2, 0.25) is 0 Å². The van der Waals surface area contributed by atoms with Crippen molar-refractivity contribution in [2.24, 2.45) is 0 Å². The van der Waals surface area contributed by atoms with Crippen molar-refractivity contribution in [2.45, 2.75) is 12.5 Å². The van der Waals surface area contributed by atoms with Gasteiger partial charge in [-0.15, -0.1) is 0 Å². The summed E-state index contributed by atoms with van der Waals surface area (Å²) in [5.41, 5.74) is 7.12. The molecule has 0 aromatic heterocycles. The number of benzene rings is 1. The molecule has 0 bridgehead atoms. The zero-order chi connectivity index (χ0) is 12.4. The van der Waals surface area contributed by atoms with E-state index in [0.29, 0.717) is 5.69 Å². The van der Waals surface area contributed by atoms with Crippen molar-refractivity contribution in [3.63, 3.8) is 0 Å². The number of aromatic carboxylic acids is 1. The fourth-order valence-electron chi connectivity index (χ4n) is 2.10. The Labute approximate surface area is 99.8 Å². The summed E-state index contributed by atoms with van der Waals surface area (Å²) in [6, 6.07) is 5.05. The topological polar surface area (TPSA) is 75.8 Å². The number of nitrogens with zero attached hydrogens (tertiary/aromatic N) is 1. The van der Waals surface area contributed by atoms with Gasteiger partial charge >= 0.3 is 5.97 Å². The van der Waals surface area contributed by atoms with Crippen LogP contribution >= 0.6 is 0 Å². The minimum absolute atomic E-state index is 0.149. The third-order valence-corrected chi connectivity index (χ3v) is 3.11. The van der Waals surface area contributed by atoms with Gasteiger partial charge in [-0.05, 0) is 24.6 Å². The van der Waals surface area contributed by atoms with Crippen molar-refractivity contribution in [1.29, 1.82) is 0 Å². The Morgan fingerprint density at radius 3 is 2.88 bits per heavy atom. The van der Waals surface area contributed by atoms with E-state index in [0.717, 1.165) is 25.2 Å². The number of rotatable bonds is 3. The molecule has 1 atom stereocenters. The Morgan fingerprint density at radius 1 is 1.59 bits per heavy atom. The lowest BCUT2D eigenvalue weighted by Gasteiger charge is -2.19. The van der Waals surface area contributed by atoms with E-state index in [1.807, 2.05) is 0 Å². The normalized spacial score (nSPS) is 19.6. The summed E-state index contributed by atoms with van der Waals surface area (Å²) in [6.07, 6.45) is 1.23. The molecular formula is C12H16N2O3. The molecular weight excluding hydrogens is 220 g/mol. The third-order valence-electron chi connectivity index (χ3n) is 3.11. The zero-order valence-corrected chi connectivity index (χ0v) is 9.72. The van der Waals surface area contributed by atoms with E-state index >= 15 is 0 Å². The van der Waals surface area contributed by atoms with Crippen molar-refractivity contribution in [3.8, 4) is 0 Å². The van der Waals surface area contributed by atoms with Crippen molar-refractivity contribution in [1.82, 2.24) is 0 Å². The number of ether oxygens (including phenoxy) is 1. The van der Waals surface area contributed by atoms with Gasteiger partial charge in [0.2, 0.25) is 0 Å². The largest absolute Gasteiger partial charge is 0.478 e. The number of methoxy groups -OCH3 is 1. The molecule has 0 saturated carbocycles. The van der Waals surface area contributed by atoms with E-state index in [1.165, 1.54) is 0 Å². The first-order valence-electron chi connectivity index (χ1n) is 5.52. The Balaban J connectivity index is 2.18. The molecule has 1 aromatic carbocycles. The van der Waals surface area contributed by atoms with Crippen LogP contribution in [0, 0.1) is 0 Å². The van der Waals surface area contributed by atoms with Crippen LogP contribution in [0.15, 0.2) is 18.2 Å². The molecule has 1 unspecified atom stereocenters. The quantitative estimate of drug-likeness (QED) is 0.771. The molecule has 1 heterocycles. The van der Waals surface area contributed by atoms with Gasteiger partial charge in [-0.2, -0.15) is 0 Å². The van der Waals surface area contributed by atoms with E-state index in [4.69, 9.17) is 15.6 Å². The molecule has 1 aliphatic heterocycles. The number of anilines is 2. The summed E-state index contributed by atoms with van der Waals surface area (Å²) in [5.74, 6) is -0.995. The van der Waals surface area contributed by atoms with Crippen LogP contribution in [0.5, 0.6) is 0 Å². The SMILES string of the molecule is COC1CCN(c2ccc(C(=O)O)c(N)c2)C1. The summed E-state index contributed by atoms with van der Waals surface area (Å²) < 4.78 is 5.29. The average Bonchev–Trinajstić information content (AvgIpc) is 2.76. The highest BCUT2D eigenvalue weighted by Crippen LogP contribution is 2.25. The first-order chi connectivity index (χ1) is 8.11.